The lowest BCUT2D eigenvalue weighted by Gasteiger charge is -2.38. The van der Waals surface area contributed by atoms with Crippen molar-refractivity contribution in [3.8, 4) is 0 Å². The van der Waals surface area contributed by atoms with E-state index in [1.54, 1.807) is 104 Å². The fourth-order valence-corrected chi connectivity index (χ4v) is 20.0. The predicted octanol–water partition coefficient (Wildman–Crippen LogP) is 1.63. The zero-order valence-electron chi connectivity index (χ0n) is 81.0. The number of aromatic nitrogens is 3. The summed E-state index contributed by atoms with van der Waals surface area (Å²) < 4.78 is 8.14. The summed E-state index contributed by atoms with van der Waals surface area (Å²) in [6.07, 6.45) is 2.48. The summed E-state index contributed by atoms with van der Waals surface area (Å²) in [5.74, 6) is -20.6. The number of benzene rings is 3. The van der Waals surface area contributed by atoms with Gasteiger partial charge in [-0.15, -0.1) is 16.4 Å². The predicted molar refractivity (Wildman–Crippen MR) is 525 cm³/mol. The fourth-order valence-electron chi connectivity index (χ4n) is 18.4. The lowest BCUT2D eigenvalue weighted by molar-refractivity contribution is -0.146. The van der Waals surface area contributed by atoms with E-state index in [1.807, 2.05) is 18.2 Å². The number of aliphatic carboxylic acids is 2. The quantitative estimate of drug-likeness (QED) is 0.0383. The summed E-state index contributed by atoms with van der Waals surface area (Å²) in [7, 11) is 0. The van der Waals surface area contributed by atoms with Gasteiger partial charge in [-0.25, -0.2) is 9.59 Å². The van der Waals surface area contributed by atoms with Crippen LogP contribution in [-0.4, -0.2) is 268 Å². The van der Waals surface area contributed by atoms with Crippen LogP contribution in [0.5, 0.6) is 0 Å². The van der Waals surface area contributed by atoms with Crippen LogP contribution in [0.2, 0.25) is 0 Å². The summed E-state index contributed by atoms with van der Waals surface area (Å²) in [6.45, 7) is 4.43. The van der Waals surface area contributed by atoms with Crippen molar-refractivity contribution in [2.75, 3.05) is 32.8 Å². The van der Waals surface area contributed by atoms with Crippen molar-refractivity contribution < 1.29 is 116 Å². The van der Waals surface area contributed by atoms with Gasteiger partial charge in [0.1, 0.15) is 77.0 Å². The molecule has 0 unspecified atom stereocenters. The SMILES string of the molecule is CC(=O)N1CCC[C@]12C/C=C\CCC[C@@]1(CCC/C=C/CCCOC(=O)N3CC[C@@](C(=O)N[C@@H](Cc4ccsc4)C(=O)N[C@@H](Cc4csc5ccccc45)C(=O)N[C@@H](CCC(N)=O)C(N)=O)(C3)NC(=O)[C@@H]3Cc4cn(nn4)CCCC[C@H](NC(=O)CNC(=O)[C@H](Cc4cccc(C(=O)O)c4)NC(=O)[C@H](CC(=O)O)NC1=O)C(=O)N[C@@H](Cc1ccccc1)C(=O)N3)NC(=O)[C@H](CC(C)(C)C)NC(=O)[C@H](CC(=O)O)NC2=O. The molecule has 778 valence electrons. The number of likely N-dealkylation sites (tertiary alicyclic amines) is 1. The molecule has 0 aliphatic carbocycles. The van der Waals surface area contributed by atoms with Crippen molar-refractivity contribution in [3.63, 3.8) is 0 Å². The molecule has 3 aromatic heterocycles. The van der Waals surface area contributed by atoms with E-state index >= 15 is 38.4 Å². The number of ether oxygens (including phenoxy) is 1. The number of nitrogens with zero attached hydrogens (tertiary/aromatic N) is 5. The van der Waals surface area contributed by atoms with Crippen LogP contribution in [0.15, 0.2) is 132 Å². The van der Waals surface area contributed by atoms with E-state index in [4.69, 9.17) is 16.2 Å². The minimum Gasteiger partial charge on any atom is -0.481 e. The standard InChI is InChI=1S/C99H126N20O24S2/c1-58(120)119-40-23-37-99(119)36-19-9-8-18-35-97(113-90(136)75(52-96(2,3)4)109-88(134)74(51-80(125)126)112-94(99)141)34-17-7-5-6-10-21-42-143-95(142)117-41-38-98(57-117,93(140)110-70(47-61-33-43-144-55-61)85(131)107-71(48-63-56-145-76-30-15-14-28-65(63)76)86(132)104-66(81(101)127)31-32-77(100)121)114-89(135)72-49-64-54-118(116-115-64)39-20-16-29-67(83(129)106-69(84(130)108-72)45-59-24-12-11-13-25-59)103-78(122)53-102-82(128)68(46-60-26-22-27-62(44-60)91(137)138)105-87(133)73(50-79(123)124)111-92(97)139/h5-6,9,11-15,19,22,24-28,30,33,43-44,54-56,66-75H,7-8,10,16-18,20-21,23,29,31-32,34-42,45-53,57H2,1-4H3,(H2,100,121)(H2,101,127)(H,102,128)(H,103,122)(H,104,132)(H,105,133)(H,106,129)(H,107,131)(H,108,130)(H,109,134)(H,110,140)(H,111,139)(H,112,141)(H,113,136)(H,114,135)(H,123,124)(H,125,126)(H,137,138)/b6-5+,19-9-/t66-,67-,68-,69-,70-,71-,72-,73-,74-,75-,97+,98-,99-/m0/s1. The average Bonchev–Trinajstić information content (AvgIpc) is 1.65. The maximum absolute atomic E-state index is 16.1. The lowest BCUT2D eigenvalue weighted by atomic mass is 9.83. The zero-order valence-corrected chi connectivity index (χ0v) is 82.7. The largest absolute Gasteiger partial charge is 0.481 e. The second kappa shape index (κ2) is 51.4. The molecule has 5 aliphatic rings. The number of carboxylic acids is 3. The first-order valence-electron chi connectivity index (χ1n) is 48.3. The van der Waals surface area contributed by atoms with Gasteiger partial charge in [-0.2, -0.15) is 11.3 Å². The zero-order chi connectivity index (χ0) is 105. The van der Waals surface area contributed by atoms with Crippen molar-refractivity contribution in [1.29, 1.82) is 0 Å². The third-order valence-corrected chi connectivity index (χ3v) is 27.7. The third kappa shape index (κ3) is 31.6. The number of primary amides is 2. The molecule has 2 fully saturated rings. The topological polar surface area (TPSA) is 657 Å². The van der Waals surface area contributed by atoms with Gasteiger partial charge in [-0.05, 0) is 183 Å². The van der Waals surface area contributed by atoms with Crippen molar-refractivity contribution in [2.24, 2.45) is 16.9 Å². The van der Waals surface area contributed by atoms with Crippen LogP contribution in [0.4, 0.5) is 4.79 Å². The molecular weight excluding hydrogens is 1920 g/mol. The number of hydrogen-bond acceptors (Lipinski definition) is 25. The molecule has 8 heterocycles. The monoisotopic (exact) mass is 2040 g/mol. The van der Waals surface area contributed by atoms with Gasteiger partial charge in [0.05, 0.1) is 43.8 Å². The molecule has 3 aromatic carbocycles. The first kappa shape index (κ1) is 111. The van der Waals surface area contributed by atoms with Crippen LogP contribution in [0.1, 0.15) is 194 Å². The fraction of sp³-hybridized carbons (Fsp3) is 0.495. The number of fused-ring (bicyclic) bond motifs is 11. The first-order chi connectivity index (χ1) is 69.1. The summed E-state index contributed by atoms with van der Waals surface area (Å²) in [5.41, 5.74) is 5.81. The molecule has 6 aromatic rings. The Balaban J connectivity index is 0.969. The van der Waals surface area contributed by atoms with E-state index in [1.165, 1.54) is 69.6 Å². The van der Waals surface area contributed by atoms with Gasteiger partial charge >= 0.3 is 24.0 Å². The Bertz CT molecular complexity index is 5830. The molecule has 6 bridgehead atoms. The van der Waals surface area contributed by atoms with Crippen LogP contribution in [0.25, 0.3) is 10.1 Å². The van der Waals surface area contributed by atoms with Crippen LogP contribution in [0.3, 0.4) is 0 Å². The van der Waals surface area contributed by atoms with E-state index in [9.17, 15) is 72.9 Å². The molecule has 0 saturated carbocycles. The van der Waals surface area contributed by atoms with Gasteiger partial charge in [0, 0.05) is 76.0 Å². The summed E-state index contributed by atoms with van der Waals surface area (Å²) >= 11 is 2.61. The average molecular weight is 2040 g/mol. The molecule has 13 atom stereocenters. The molecule has 44 nitrogen and oxygen atoms in total. The molecule has 2 saturated heterocycles. The van der Waals surface area contributed by atoms with Crippen molar-refractivity contribution in [1.82, 2.24) is 93.9 Å². The van der Waals surface area contributed by atoms with Crippen LogP contribution in [-0.2, 0) is 130 Å². The molecule has 2 spiro atoms. The number of carboxylic acid groups (broad SMARTS) is 3. The van der Waals surface area contributed by atoms with Gasteiger partial charge in [-0.3, -0.25) is 91.0 Å². The molecule has 11 rings (SSSR count). The number of carbonyl (C=O) groups is 20. The highest BCUT2D eigenvalue weighted by molar-refractivity contribution is 7.17. The molecule has 5 aliphatic heterocycles. The Morgan fingerprint density at radius 3 is 1.88 bits per heavy atom. The Morgan fingerprint density at radius 1 is 0.579 bits per heavy atom. The third-order valence-electron chi connectivity index (χ3n) is 25.9. The number of thiophene rings is 2. The van der Waals surface area contributed by atoms with Crippen molar-refractivity contribution >= 4 is 151 Å². The minimum atomic E-state index is -2.25. The highest BCUT2D eigenvalue weighted by Gasteiger charge is 2.53. The summed E-state index contributed by atoms with van der Waals surface area (Å²) in [5, 5.41) is 80.3. The molecule has 0 radical (unpaired) electrons. The molecule has 46 heteroatoms. The molecule has 17 amide bonds. The normalized spacial score (nSPS) is 24.4. The Labute approximate surface area is 843 Å². The highest BCUT2D eigenvalue weighted by Crippen LogP contribution is 2.36. The van der Waals surface area contributed by atoms with Gasteiger partial charge in [0.25, 0.3) is 0 Å². The highest BCUT2D eigenvalue weighted by atomic mass is 32.1. The number of aryl methyl sites for hydroxylation is 1. The lowest BCUT2D eigenvalue weighted by Crippen LogP contribution is -2.67. The van der Waals surface area contributed by atoms with Crippen molar-refractivity contribution in [2.45, 2.75) is 272 Å². The Morgan fingerprint density at radius 2 is 1.21 bits per heavy atom. The first-order valence-corrected chi connectivity index (χ1v) is 50.1. The van der Waals surface area contributed by atoms with Crippen molar-refractivity contribution in [3.05, 3.63) is 165 Å². The van der Waals surface area contributed by atoms with Gasteiger partial charge in [0.15, 0.2) is 0 Å². The molecule has 20 N–H and O–H groups in total. The van der Waals surface area contributed by atoms with Gasteiger partial charge in [0.2, 0.25) is 94.5 Å². The number of carbonyl (C=O) groups excluding carboxylic acids is 17. The number of hydrogen-bond donors (Lipinski definition) is 18. The summed E-state index contributed by atoms with van der Waals surface area (Å²) in [6, 6.07) is 5.40. The summed E-state index contributed by atoms with van der Waals surface area (Å²) in [4.78, 5) is 293. The van der Waals surface area contributed by atoms with Crippen LogP contribution < -0.4 is 80.6 Å². The number of aromatic carboxylic acids is 1. The number of allylic oxidation sites excluding steroid dienone is 3. The minimum absolute atomic E-state index is 0.00206. The maximum Gasteiger partial charge on any atom is 0.409 e. The molecular formula is C99H126N20O24S2. The van der Waals surface area contributed by atoms with E-state index in [0.717, 1.165) is 15.0 Å². The Hall–Kier alpha value is -14.9. The van der Waals surface area contributed by atoms with E-state index < -0.39 is 246 Å². The second-order valence-electron chi connectivity index (χ2n) is 38.3. The van der Waals surface area contributed by atoms with E-state index in [-0.39, 0.29) is 165 Å². The van der Waals surface area contributed by atoms with Crippen LogP contribution >= 0.6 is 22.7 Å². The number of rotatable bonds is 24. The number of amides is 17. The van der Waals surface area contributed by atoms with Gasteiger partial charge in [-0.1, -0.05) is 111 Å². The van der Waals surface area contributed by atoms with E-state index in [0.29, 0.717) is 23.1 Å². The Kier molecular flexibility index (Phi) is 39.2. The number of nitrogens with one attached hydrogen (secondary N) is 13. The van der Waals surface area contributed by atoms with Crippen LogP contribution in [0, 0.1) is 5.41 Å². The van der Waals surface area contributed by atoms with Gasteiger partial charge < -0.3 is 110 Å². The smallest absolute Gasteiger partial charge is 0.409 e. The van der Waals surface area contributed by atoms with E-state index in [2.05, 4.69) is 79.4 Å². The number of cyclic esters (lactones) is 1. The molecule has 145 heavy (non-hydrogen) atoms. The maximum atomic E-state index is 16.1. The second-order valence-corrected chi connectivity index (χ2v) is 40.0. The number of nitrogens with two attached hydrogens (primary N) is 2.